The van der Waals surface area contributed by atoms with E-state index >= 15 is 0 Å². The van der Waals surface area contributed by atoms with Gasteiger partial charge in [-0.3, -0.25) is 4.79 Å². The van der Waals surface area contributed by atoms with Gasteiger partial charge in [0.15, 0.2) is 0 Å². The van der Waals surface area contributed by atoms with Gasteiger partial charge in [-0.1, -0.05) is 6.07 Å². The molecule has 1 aromatic heterocycles. The summed E-state index contributed by atoms with van der Waals surface area (Å²) < 4.78 is 5.42. The van der Waals surface area contributed by atoms with Crippen LogP contribution in [0.2, 0.25) is 0 Å². The summed E-state index contributed by atoms with van der Waals surface area (Å²) in [5.41, 5.74) is 3.64. The van der Waals surface area contributed by atoms with Crippen LogP contribution in [0.15, 0.2) is 36.5 Å². The third-order valence-corrected chi connectivity index (χ3v) is 4.28. The molecule has 0 aliphatic carbocycles. The Hall–Kier alpha value is -2.60. The molecule has 1 aliphatic rings. The minimum atomic E-state index is -0.120. The maximum absolute atomic E-state index is 12.7. The van der Waals surface area contributed by atoms with Crippen LogP contribution >= 0.6 is 0 Å². The number of nitrogens with zero attached hydrogens (tertiary/aromatic N) is 3. The quantitative estimate of drug-likeness (QED) is 0.927. The highest BCUT2D eigenvalue weighted by atomic mass is 16.5. The van der Waals surface area contributed by atoms with Gasteiger partial charge in [0.05, 0.1) is 13.2 Å². The number of aryl methyl sites for hydroxylation is 1. The highest BCUT2D eigenvalue weighted by molar-refractivity contribution is 6.05. The monoisotopic (exact) mass is 340 g/mol. The fourth-order valence-electron chi connectivity index (χ4n) is 2.84. The number of pyridine rings is 1. The van der Waals surface area contributed by atoms with Gasteiger partial charge in [-0.2, -0.15) is 0 Å². The Morgan fingerprint density at radius 3 is 2.68 bits per heavy atom. The predicted octanol–water partition coefficient (Wildman–Crippen LogP) is 2.54. The van der Waals surface area contributed by atoms with E-state index < -0.39 is 0 Å². The van der Waals surface area contributed by atoms with Gasteiger partial charge in [-0.05, 0) is 30.7 Å². The number of hydrogen-bond acceptors (Lipinski definition) is 5. The van der Waals surface area contributed by atoms with Crippen LogP contribution in [0, 0.1) is 6.92 Å². The number of benzene rings is 1. The summed E-state index contributed by atoms with van der Waals surface area (Å²) in [5.74, 6) is 0.682. The number of morpholine rings is 1. The molecule has 1 N–H and O–H groups in total. The molecular weight excluding hydrogens is 316 g/mol. The molecule has 3 rings (SSSR count). The largest absolute Gasteiger partial charge is 0.378 e. The molecule has 1 aromatic carbocycles. The number of aromatic nitrogens is 1. The molecule has 1 amide bonds. The lowest BCUT2D eigenvalue weighted by atomic mass is 10.1. The van der Waals surface area contributed by atoms with Gasteiger partial charge < -0.3 is 19.9 Å². The molecule has 0 bridgehead atoms. The van der Waals surface area contributed by atoms with Crippen LogP contribution in [-0.4, -0.2) is 51.3 Å². The summed E-state index contributed by atoms with van der Waals surface area (Å²) in [5, 5.41) is 2.95. The van der Waals surface area contributed by atoms with Crippen LogP contribution in [0.25, 0.3) is 0 Å². The van der Waals surface area contributed by atoms with Crippen molar-refractivity contribution in [3.63, 3.8) is 0 Å². The highest BCUT2D eigenvalue weighted by Crippen LogP contribution is 2.23. The molecular formula is C19H24N4O2. The smallest absolute Gasteiger partial charge is 0.255 e. The van der Waals surface area contributed by atoms with Crippen molar-refractivity contribution in [2.24, 2.45) is 0 Å². The maximum atomic E-state index is 12.7. The summed E-state index contributed by atoms with van der Waals surface area (Å²) in [4.78, 5) is 21.1. The van der Waals surface area contributed by atoms with Gasteiger partial charge in [-0.15, -0.1) is 0 Å². The molecule has 1 saturated heterocycles. The average Bonchev–Trinajstić information content (AvgIpc) is 2.63. The Labute approximate surface area is 148 Å². The molecule has 1 aliphatic heterocycles. The summed E-state index contributed by atoms with van der Waals surface area (Å²) in [6.07, 6.45) is 1.69. The molecule has 132 valence electrons. The van der Waals surface area contributed by atoms with Crippen molar-refractivity contribution >= 4 is 23.1 Å². The average molecular weight is 340 g/mol. The number of carbonyl (C=O) groups is 1. The Kier molecular flexibility index (Phi) is 5.19. The molecule has 6 nitrogen and oxygen atoms in total. The molecule has 0 radical (unpaired) electrons. The number of anilines is 3. The number of ether oxygens (including phenoxy) is 1. The second-order valence-corrected chi connectivity index (χ2v) is 6.35. The first-order valence-electron chi connectivity index (χ1n) is 8.42. The lowest BCUT2D eigenvalue weighted by molar-refractivity contribution is 0.102. The zero-order chi connectivity index (χ0) is 17.8. The summed E-state index contributed by atoms with van der Waals surface area (Å²) in [6, 6.07) is 9.47. The standard InChI is InChI=1S/C19H24N4O2/c1-14-4-5-15(12-17(14)23-8-10-25-11-9-23)19(24)21-16-6-7-20-18(13-16)22(2)3/h4-7,12-13H,8-11H2,1-3H3,(H,20,21,24). The third-order valence-electron chi connectivity index (χ3n) is 4.28. The lowest BCUT2D eigenvalue weighted by Gasteiger charge is -2.30. The number of hydrogen-bond donors (Lipinski definition) is 1. The van der Waals surface area contributed by atoms with E-state index in [1.54, 1.807) is 12.3 Å². The van der Waals surface area contributed by atoms with Crippen LogP contribution in [0.5, 0.6) is 0 Å². The third kappa shape index (κ3) is 4.09. The van der Waals surface area contributed by atoms with E-state index in [-0.39, 0.29) is 5.91 Å². The van der Waals surface area contributed by atoms with Crippen molar-refractivity contribution in [3.05, 3.63) is 47.7 Å². The molecule has 25 heavy (non-hydrogen) atoms. The SMILES string of the molecule is Cc1ccc(C(=O)Nc2ccnc(N(C)C)c2)cc1N1CCOCC1. The number of rotatable bonds is 4. The molecule has 6 heteroatoms. The molecule has 2 heterocycles. The minimum absolute atomic E-state index is 0.120. The first-order valence-corrected chi connectivity index (χ1v) is 8.42. The Morgan fingerprint density at radius 1 is 1.20 bits per heavy atom. The van der Waals surface area contributed by atoms with Crippen molar-refractivity contribution in [3.8, 4) is 0 Å². The fraction of sp³-hybridized carbons (Fsp3) is 0.368. The van der Waals surface area contributed by atoms with Crippen LogP contribution in [0.1, 0.15) is 15.9 Å². The van der Waals surface area contributed by atoms with Crippen molar-refractivity contribution in [1.82, 2.24) is 4.98 Å². The van der Waals surface area contributed by atoms with Crippen LogP contribution in [-0.2, 0) is 4.74 Å². The lowest BCUT2D eigenvalue weighted by Crippen LogP contribution is -2.36. The van der Waals surface area contributed by atoms with Crippen molar-refractivity contribution in [2.75, 3.05) is 55.5 Å². The van der Waals surface area contributed by atoms with Crippen LogP contribution in [0.4, 0.5) is 17.2 Å². The van der Waals surface area contributed by atoms with Gasteiger partial charge in [0.1, 0.15) is 5.82 Å². The Balaban J connectivity index is 1.79. The highest BCUT2D eigenvalue weighted by Gasteiger charge is 2.16. The summed E-state index contributed by atoms with van der Waals surface area (Å²) in [7, 11) is 3.84. The first-order chi connectivity index (χ1) is 12.0. The Bertz CT molecular complexity index is 755. The number of carbonyl (C=O) groups excluding carboxylic acids is 1. The molecule has 1 fully saturated rings. The van der Waals surface area contributed by atoms with E-state index in [1.165, 1.54) is 0 Å². The van der Waals surface area contributed by atoms with Crippen LogP contribution in [0.3, 0.4) is 0 Å². The fourth-order valence-corrected chi connectivity index (χ4v) is 2.84. The molecule has 0 atom stereocenters. The molecule has 0 unspecified atom stereocenters. The van der Waals surface area contributed by atoms with Gasteiger partial charge in [-0.25, -0.2) is 4.98 Å². The minimum Gasteiger partial charge on any atom is -0.378 e. The second kappa shape index (κ2) is 7.53. The van der Waals surface area contributed by atoms with E-state index in [0.717, 1.165) is 49.1 Å². The van der Waals surface area contributed by atoms with Crippen molar-refractivity contribution in [2.45, 2.75) is 6.92 Å². The molecule has 0 saturated carbocycles. The van der Waals surface area contributed by atoms with Gasteiger partial charge in [0, 0.05) is 56.4 Å². The second-order valence-electron chi connectivity index (χ2n) is 6.35. The zero-order valence-corrected chi connectivity index (χ0v) is 15.0. The topological polar surface area (TPSA) is 57.7 Å². The van der Waals surface area contributed by atoms with E-state index in [0.29, 0.717) is 5.56 Å². The summed E-state index contributed by atoms with van der Waals surface area (Å²) in [6.45, 7) is 5.21. The van der Waals surface area contributed by atoms with E-state index in [4.69, 9.17) is 4.74 Å². The van der Waals surface area contributed by atoms with Crippen molar-refractivity contribution < 1.29 is 9.53 Å². The van der Waals surface area contributed by atoms with Crippen LogP contribution < -0.4 is 15.1 Å². The molecule has 0 spiro atoms. The maximum Gasteiger partial charge on any atom is 0.255 e. The normalized spacial score (nSPS) is 14.3. The molecule has 2 aromatic rings. The number of amides is 1. The first kappa shape index (κ1) is 17.2. The predicted molar refractivity (Wildman–Crippen MR) is 101 cm³/mol. The van der Waals surface area contributed by atoms with Gasteiger partial charge >= 0.3 is 0 Å². The Morgan fingerprint density at radius 2 is 1.96 bits per heavy atom. The van der Waals surface area contributed by atoms with E-state index in [2.05, 4.69) is 22.1 Å². The van der Waals surface area contributed by atoms with Gasteiger partial charge in [0.25, 0.3) is 5.91 Å². The van der Waals surface area contributed by atoms with E-state index in [9.17, 15) is 4.79 Å². The van der Waals surface area contributed by atoms with Crippen molar-refractivity contribution in [1.29, 1.82) is 0 Å². The van der Waals surface area contributed by atoms with E-state index in [1.807, 2.05) is 43.3 Å². The zero-order valence-electron chi connectivity index (χ0n) is 15.0. The van der Waals surface area contributed by atoms with Gasteiger partial charge in [0.2, 0.25) is 0 Å². The summed E-state index contributed by atoms with van der Waals surface area (Å²) >= 11 is 0. The number of nitrogens with one attached hydrogen (secondary N) is 1.